The summed E-state index contributed by atoms with van der Waals surface area (Å²) in [4.78, 5) is 0. The van der Waals surface area contributed by atoms with Crippen LogP contribution in [0.1, 0.15) is 25.5 Å². The van der Waals surface area contributed by atoms with Gasteiger partial charge in [0.25, 0.3) is 5.95 Å². The van der Waals surface area contributed by atoms with E-state index in [0.717, 1.165) is 0 Å². The molecular formula is C6H8FNO. The lowest BCUT2D eigenvalue weighted by Gasteiger charge is -1.92. The summed E-state index contributed by atoms with van der Waals surface area (Å²) in [7, 11) is 0. The fraction of sp³-hybridized carbons (Fsp3) is 0.500. The van der Waals surface area contributed by atoms with Gasteiger partial charge in [0.15, 0.2) is 0 Å². The van der Waals surface area contributed by atoms with E-state index in [1.807, 2.05) is 13.8 Å². The smallest absolute Gasteiger partial charge is 0.253 e. The lowest BCUT2D eigenvalue weighted by atomic mass is 10.2. The van der Waals surface area contributed by atoms with Gasteiger partial charge in [-0.05, 0) is 5.16 Å². The van der Waals surface area contributed by atoms with E-state index >= 15 is 0 Å². The number of hydrogen-bond donors (Lipinski definition) is 0. The Balaban J connectivity index is 2.85. The van der Waals surface area contributed by atoms with E-state index in [2.05, 4.69) is 9.68 Å². The maximum atomic E-state index is 12.1. The van der Waals surface area contributed by atoms with Gasteiger partial charge in [-0.1, -0.05) is 13.8 Å². The predicted octanol–water partition coefficient (Wildman–Crippen LogP) is 1.94. The van der Waals surface area contributed by atoms with Gasteiger partial charge < -0.3 is 4.52 Å². The van der Waals surface area contributed by atoms with Gasteiger partial charge in [-0.3, -0.25) is 0 Å². The van der Waals surface area contributed by atoms with E-state index in [1.54, 1.807) is 0 Å². The normalized spacial score (nSPS) is 10.7. The molecule has 0 saturated carbocycles. The molecule has 1 rings (SSSR count). The van der Waals surface area contributed by atoms with Crippen LogP contribution in [0.25, 0.3) is 0 Å². The Kier molecular flexibility index (Phi) is 1.51. The maximum absolute atomic E-state index is 12.1. The van der Waals surface area contributed by atoms with E-state index < -0.39 is 5.95 Å². The zero-order valence-electron chi connectivity index (χ0n) is 5.39. The minimum absolute atomic E-state index is 0.210. The standard InChI is InChI=1S/C6H8FNO/c1-4(2)5-3-6(7)8-9-5/h3-4H,1-2H3. The lowest BCUT2D eigenvalue weighted by Crippen LogP contribution is -1.80. The first kappa shape index (κ1) is 6.26. The number of halogens is 1. The molecule has 1 aromatic heterocycles. The molecule has 0 saturated heterocycles. The lowest BCUT2D eigenvalue weighted by molar-refractivity contribution is 0.342. The van der Waals surface area contributed by atoms with Crippen molar-refractivity contribution in [3.05, 3.63) is 17.8 Å². The molecule has 50 valence electrons. The van der Waals surface area contributed by atoms with Gasteiger partial charge in [0.05, 0.1) is 0 Å². The van der Waals surface area contributed by atoms with Crippen LogP contribution in [-0.2, 0) is 0 Å². The molecule has 0 spiro atoms. The topological polar surface area (TPSA) is 26.0 Å². The molecule has 0 aliphatic carbocycles. The third-order valence-corrected chi connectivity index (χ3v) is 1.07. The van der Waals surface area contributed by atoms with Crippen LogP contribution < -0.4 is 0 Å². The Morgan fingerprint density at radius 2 is 2.33 bits per heavy atom. The molecule has 9 heavy (non-hydrogen) atoms. The first-order valence-corrected chi connectivity index (χ1v) is 2.82. The second kappa shape index (κ2) is 2.17. The highest BCUT2D eigenvalue weighted by Crippen LogP contribution is 2.13. The molecule has 0 aliphatic heterocycles. The van der Waals surface area contributed by atoms with Gasteiger partial charge in [-0.25, -0.2) is 0 Å². The third-order valence-electron chi connectivity index (χ3n) is 1.07. The van der Waals surface area contributed by atoms with Crippen molar-refractivity contribution in [3.63, 3.8) is 0 Å². The van der Waals surface area contributed by atoms with Crippen LogP contribution >= 0.6 is 0 Å². The Morgan fingerprint density at radius 1 is 1.67 bits per heavy atom. The molecule has 0 unspecified atom stereocenters. The summed E-state index contributed by atoms with van der Waals surface area (Å²) in [6.45, 7) is 3.83. The van der Waals surface area contributed by atoms with Crippen molar-refractivity contribution < 1.29 is 8.91 Å². The summed E-state index contributed by atoms with van der Waals surface area (Å²) in [6.07, 6.45) is 0. The Labute approximate surface area is 52.7 Å². The van der Waals surface area contributed by atoms with Crippen LogP contribution in [0.15, 0.2) is 10.6 Å². The minimum atomic E-state index is -0.543. The van der Waals surface area contributed by atoms with Crippen LogP contribution in [0.3, 0.4) is 0 Å². The highest BCUT2D eigenvalue weighted by atomic mass is 19.1. The van der Waals surface area contributed by atoms with Crippen LogP contribution in [0, 0.1) is 5.95 Å². The van der Waals surface area contributed by atoms with E-state index in [1.165, 1.54) is 6.07 Å². The molecule has 0 atom stereocenters. The second-order valence-electron chi connectivity index (χ2n) is 2.21. The van der Waals surface area contributed by atoms with Crippen LogP contribution in [0.4, 0.5) is 4.39 Å². The average molecular weight is 129 g/mol. The summed E-state index contributed by atoms with van der Waals surface area (Å²) < 4.78 is 16.7. The molecule has 0 bridgehead atoms. The first-order valence-electron chi connectivity index (χ1n) is 2.82. The van der Waals surface area contributed by atoms with E-state index in [9.17, 15) is 4.39 Å². The third kappa shape index (κ3) is 1.28. The van der Waals surface area contributed by atoms with Crippen molar-refractivity contribution in [2.75, 3.05) is 0 Å². The fourth-order valence-corrected chi connectivity index (χ4v) is 0.538. The van der Waals surface area contributed by atoms with E-state index in [-0.39, 0.29) is 5.92 Å². The molecule has 1 aromatic rings. The van der Waals surface area contributed by atoms with Crippen LogP contribution in [0.5, 0.6) is 0 Å². The minimum Gasteiger partial charge on any atom is -0.358 e. The van der Waals surface area contributed by atoms with Crippen molar-refractivity contribution in [1.29, 1.82) is 0 Å². The van der Waals surface area contributed by atoms with Gasteiger partial charge in [-0.2, -0.15) is 4.39 Å². The first-order chi connectivity index (χ1) is 4.20. The molecule has 0 aliphatic rings. The zero-order chi connectivity index (χ0) is 6.85. The summed E-state index contributed by atoms with van der Waals surface area (Å²) in [5.74, 6) is 0.258. The highest BCUT2D eigenvalue weighted by Gasteiger charge is 2.05. The summed E-state index contributed by atoms with van der Waals surface area (Å²) in [6, 6.07) is 1.30. The quantitative estimate of drug-likeness (QED) is 0.579. The monoisotopic (exact) mass is 129 g/mol. The summed E-state index contributed by atoms with van der Waals surface area (Å²) in [5.41, 5.74) is 0. The molecule has 2 nitrogen and oxygen atoms in total. The van der Waals surface area contributed by atoms with Crippen molar-refractivity contribution in [2.24, 2.45) is 0 Å². The van der Waals surface area contributed by atoms with Gasteiger partial charge in [0.1, 0.15) is 5.76 Å². The van der Waals surface area contributed by atoms with E-state index in [4.69, 9.17) is 0 Å². The molecular weight excluding hydrogens is 121 g/mol. The molecule has 1 heterocycles. The predicted molar refractivity (Wildman–Crippen MR) is 30.5 cm³/mol. The number of nitrogens with zero attached hydrogens (tertiary/aromatic N) is 1. The Hall–Kier alpha value is -0.860. The maximum Gasteiger partial charge on any atom is 0.253 e. The number of rotatable bonds is 1. The Morgan fingerprint density at radius 3 is 2.56 bits per heavy atom. The van der Waals surface area contributed by atoms with Gasteiger partial charge in [0.2, 0.25) is 0 Å². The molecule has 0 fully saturated rings. The van der Waals surface area contributed by atoms with Gasteiger partial charge >= 0.3 is 0 Å². The number of aromatic nitrogens is 1. The summed E-state index contributed by atoms with van der Waals surface area (Å²) in [5, 5.41) is 3.10. The van der Waals surface area contributed by atoms with Crippen molar-refractivity contribution >= 4 is 0 Å². The van der Waals surface area contributed by atoms with Gasteiger partial charge in [0, 0.05) is 12.0 Å². The summed E-state index contributed by atoms with van der Waals surface area (Å²) >= 11 is 0. The van der Waals surface area contributed by atoms with E-state index in [0.29, 0.717) is 5.76 Å². The van der Waals surface area contributed by atoms with Gasteiger partial charge in [-0.15, -0.1) is 0 Å². The Bertz CT molecular complexity index is 195. The SMILES string of the molecule is CC(C)c1cc(F)no1. The molecule has 0 aromatic carbocycles. The van der Waals surface area contributed by atoms with Crippen LogP contribution in [0.2, 0.25) is 0 Å². The molecule has 0 radical (unpaired) electrons. The zero-order valence-corrected chi connectivity index (χ0v) is 5.39. The van der Waals surface area contributed by atoms with Crippen molar-refractivity contribution in [2.45, 2.75) is 19.8 Å². The van der Waals surface area contributed by atoms with Crippen molar-refractivity contribution in [1.82, 2.24) is 5.16 Å². The van der Waals surface area contributed by atoms with Crippen molar-refractivity contribution in [3.8, 4) is 0 Å². The largest absolute Gasteiger partial charge is 0.358 e. The molecule has 3 heteroatoms. The fourth-order valence-electron chi connectivity index (χ4n) is 0.538. The second-order valence-corrected chi connectivity index (χ2v) is 2.21. The highest BCUT2D eigenvalue weighted by molar-refractivity contribution is 4.99. The molecule has 0 amide bonds. The van der Waals surface area contributed by atoms with Crippen LogP contribution in [-0.4, -0.2) is 5.16 Å². The number of hydrogen-bond acceptors (Lipinski definition) is 2. The average Bonchev–Trinajstić information content (AvgIpc) is 2.14. The molecule has 0 N–H and O–H groups in total.